The van der Waals surface area contributed by atoms with Crippen LogP contribution in [0.5, 0.6) is 5.75 Å². The third-order valence-corrected chi connectivity index (χ3v) is 2.80. The Labute approximate surface area is 113 Å². The topological polar surface area (TPSA) is 59.0 Å². The summed E-state index contributed by atoms with van der Waals surface area (Å²) in [6.45, 7) is 3.70. The van der Waals surface area contributed by atoms with E-state index in [1.165, 1.54) is 6.07 Å². The van der Waals surface area contributed by atoms with Crippen molar-refractivity contribution in [1.82, 2.24) is 4.90 Å². The van der Waals surface area contributed by atoms with Crippen molar-refractivity contribution in [2.45, 2.75) is 6.92 Å². The zero-order chi connectivity index (χ0) is 14.3. The average Bonchev–Trinajstić information content (AvgIpc) is 2.41. The Hall–Kier alpha value is -1.59. The quantitative estimate of drug-likeness (QED) is 0.812. The van der Waals surface area contributed by atoms with E-state index < -0.39 is 0 Å². The predicted molar refractivity (Wildman–Crippen MR) is 72.5 cm³/mol. The molecule has 0 saturated heterocycles. The summed E-state index contributed by atoms with van der Waals surface area (Å²) in [5.74, 6) is -0.217. The van der Waals surface area contributed by atoms with Gasteiger partial charge in [0.25, 0.3) is 5.91 Å². The molecule has 0 atom stereocenters. The minimum absolute atomic E-state index is 0.00423. The van der Waals surface area contributed by atoms with Crippen molar-refractivity contribution in [3.8, 4) is 5.75 Å². The minimum Gasteiger partial charge on any atom is -0.507 e. The van der Waals surface area contributed by atoms with Crippen molar-refractivity contribution in [2.75, 3.05) is 40.5 Å². The molecule has 5 nitrogen and oxygen atoms in total. The number of hydrogen-bond acceptors (Lipinski definition) is 4. The van der Waals surface area contributed by atoms with Crippen molar-refractivity contribution in [1.29, 1.82) is 0 Å². The van der Waals surface area contributed by atoms with Gasteiger partial charge in [-0.05, 0) is 19.1 Å². The predicted octanol–water partition coefficient (Wildman–Crippen LogP) is 1.44. The number of phenolic OH excluding ortho intramolecular Hbond substituents is 1. The van der Waals surface area contributed by atoms with Crippen LogP contribution in [-0.2, 0) is 9.47 Å². The van der Waals surface area contributed by atoms with Crippen LogP contribution in [0.15, 0.2) is 18.2 Å². The van der Waals surface area contributed by atoms with Crippen LogP contribution in [0.4, 0.5) is 0 Å². The van der Waals surface area contributed by atoms with Gasteiger partial charge in [0.05, 0.1) is 18.8 Å². The molecule has 1 rings (SSSR count). The highest BCUT2D eigenvalue weighted by atomic mass is 16.5. The smallest absolute Gasteiger partial charge is 0.257 e. The number of methoxy groups -OCH3 is 2. The lowest BCUT2D eigenvalue weighted by molar-refractivity contribution is 0.0624. The molecule has 0 aliphatic rings. The SMILES string of the molecule is COCCN(CCOC)C(=O)c1cc(C)ccc1O. The molecule has 0 aliphatic heterocycles. The molecule has 106 valence electrons. The summed E-state index contributed by atoms with van der Waals surface area (Å²) in [7, 11) is 3.17. The van der Waals surface area contributed by atoms with Crippen molar-refractivity contribution >= 4 is 5.91 Å². The Bertz CT molecular complexity index is 412. The van der Waals surface area contributed by atoms with Crippen molar-refractivity contribution in [3.63, 3.8) is 0 Å². The largest absolute Gasteiger partial charge is 0.507 e. The van der Waals surface area contributed by atoms with Crippen LogP contribution >= 0.6 is 0 Å². The van der Waals surface area contributed by atoms with E-state index in [9.17, 15) is 9.90 Å². The number of hydrogen-bond donors (Lipinski definition) is 1. The molecule has 0 spiro atoms. The maximum Gasteiger partial charge on any atom is 0.257 e. The summed E-state index contributed by atoms with van der Waals surface area (Å²) in [5.41, 5.74) is 1.24. The minimum atomic E-state index is -0.213. The third-order valence-electron chi connectivity index (χ3n) is 2.80. The van der Waals surface area contributed by atoms with Gasteiger partial charge in [0.1, 0.15) is 5.75 Å². The highest BCUT2D eigenvalue weighted by Crippen LogP contribution is 2.20. The number of aryl methyl sites for hydroxylation is 1. The molecule has 0 unspecified atom stereocenters. The lowest BCUT2D eigenvalue weighted by Crippen LogP contribution is -2.36. The molecule has 0 heterocycles. The van der Waals surface area contributed by atoms with E-state index in [0.717, 1.165) is 5.56 Å². The van der Waals surface area contributed by atoms with Gasteiger partial charge in [0.2, 0.25) is 0 Å². The van der Waals surface area contributed by atoms with Crippen molar-refractivity contribution in [3.05, 3.63) is 29.3 Å². The number of amides is 1. The Morgan fingerprint density at radius 1 is 1.21 bits per heavy atom. The summed E-state index contributed by atoms with van der Waals surface area (Å²) in [5, 5.41) is 9.80. The number of benzene rings is 1. The summed E-state index contributed by atoms with van der Waals surface area (Å²) in [6, 6.07) is 4.98. The lowest BCUT2D eigenvalue weighted by Gasteiger charge is -2.22. The first-order chi connectivity index (χ1) is 9.10. The van der Waals surface area contributed by atoms with Gasteiger partial charge in [-0.1, -0.05) is 11.6 Å². The zero-order valence-electron chi connectivity index (χ0n) is 11.7. The van der Waals surface area contributed by atoms with Crippen LogP contribution in [0.2, 0.25) is 0 Å². The van der Waals surface area contributed by atoms with Crippen LogP contribution in [0, 0.1) is 6.92 Å². The molecular formula is C14H21NO4. The van der Waals surface area contributed by atoms with E-state index in [1.807, 2.05) is 6.92 Å². The molecular weight excluding hydrogens is 246 g/mol. The number of ether oxygens (including phenoxy) is 2. The van der Waals surface area contributed by atoms with E-state index in [4.69, 9.17) is 9.47 Å². The number of phenols is 1. The molecule has 0 saturated carbocycles. The van der Waals surface area contributed by atoms with Gasteiger partial charge in [0.15, 0.2) is 0 Å². The molecule has 0 fully saturated rings. The van der Waals surface area contributed by atoms with E-state index >= 15 is 0 Å². The Kier molecular flexibility index (Phi) is 6.32. The van der Waals surface area contributed by atoms with Gasteiger partial charge < -0.3 is 19.5 Å². The van der Waals surface area contributed by atoms with Gasteiger partial charge in [-0.3, -0.25) is 4.79 Å². The molecule has 0 radical (unpaired) electrons. The molecule has 0 aliphatic carbocycles. The first-order valence-electron chi connectivity index (χ1n) is 6.17. The zero-order valence-corrected chi connectivity index (χ0v) is 11.7. The molecule has 1 aromatic carbocycles. The molecule has 19 heavy (non-hydrogen) atoms. The first-order valence-corrected chi connectivity index (χ1v) is 6.17. The fourth-order valence-electron chi connectivity index (χ4n) is 1.71. The number of carbonyl (C=O) groups excluding carboxylic acids is 1. The number of rotatable bonds is 7. The molecule has 1 N–H and O–H groups in total. The summed E-state index contributed by atoms with van der Waals surface area (Å²) in [4.78, 5) is 14.0. The molecule has 5 heteroatoms. The number of aromatic hydroxyl groups is 1. The van der Waals surface area contributed by atoms with Gasteiger partial charge in [-0.2, -0.15) is 0 Å². The van der Waals surface area contributed by atoms with Crippen LogP contribution < -0.4 is 0 Å². The van der Waals surface area contributed by atoms with Gasteiger partial charge in [0, 0.05) is 27.3 Å². The number of nitrogens with zero attached hydrogens (tertiary/aromatic N) is 1. The maximum absolute atomic E-state index is 12.4. The monoisotopic (exact) mass is 267 g/mol. The van der Waals surface area contributed by atoms with Crippen LogP contribution in [0.3, 0.4) is 0 Å². The van der Waals surface area contributed by atoms with Gasteiger partial charge in [-0.25, -0.2) is 0 Å². The van der Waals surface area contributed by atoms with Crippen LogP contribution in [-0.4, -0.2) is 56.4 Å². The second kappa shape index (κ2) is 7.76. The van der Waals surface area contributed by atoms with Crippen molar-refractivity contribution in [2.24, 2.45) is 0 Å². The van der Waals surface area contributed by atoms with Crippen LogP contribution in [0.1, 0.15) is 15.9 Å². The standard InChI is InChI=1S/C14H21NO4/c1-11-4-5-13(16)12(10-11)14(17)15(6-8-18-2)7-9-19-3/h4-5,10,16H,6-9H2,1-3H3. The fraction of sp³-hybridized carbons (Fsp3) is 0.500. The summed E-state index contributed by atoms with van der Waals surface area (Å²) in [6.07, 6.45) is 0. The lowest BCUT2D eigenvalue weighted by atomic mass is 10.1. The van der Waals surface area contributed by atoms with Crippen molar-refractivity contribution < 1.29 is 19.4 Å². The molecule has 1 aromatic rings. The second-order valence-electron chi connectivity index (χ2n) is 4.30. The average molecular weight is 267 g/mol. The number of carbonyl (C=O) groups is 1. The molecule has 1 amide bonds. The van der Waals surface area contributed by atoms with Crippen LogP contribution in [0.25, 0.3) is 0 Å². The second-order valence-corrected chi connectivity index (χ2v) is 4.30. The van der Waals surface area contributed by atoms with E-state index in [-0.39, 0.29) is 11.7 Å². The Morgan fingerprint density at radius 2 is 1.79 bits per heavy atom. The fourth-order valence-corrected chi connectivity index (χ4v) is 1.71. The van der Waals surface area contributed by atoms with E-state index in [1.54, 1.807) is 31.3 Å². The molecule has 0 bridgehead atoms. The van der Waals surface area contributed by atoms with Gasteiger partial charge in [-0.15, -0.1) is 0 Å². The Morgan fingerprint density at radius 3 is 2.32 bits per heavy atom. The maximum atomic E-state index is 12.4. The van der Waals surface area contributed by atoms with E-state index in [0.29, 0.717) is 31.9 Å². The summed E-state index contributed by atoms with van der Waals surface area (Å²) >= 11 is 0. The first kappa shape index (κ1) is 15.5. The highest BCUT2D eigenvalue weighted by Gasteiger charge is 2.18. The molecule has 0 aromatic heterocycles. The summed E-state index contributed by atoms with van der Waals surface area (Å²) < 4.78 is 9.99. The normalized spacial score (nSPS) is 10.5. The Balaban J connectivity index is 2.87. The third kappa shape index (κ3) is 4.54. The van der Waals surface area contributed by atoms with Gasteiger partial charge >= 0.3 is 0 Å². The highest BCUT2D eigenvalue weighted by molar-refractivity contribution is 5.97. The van der Waals surface area contributed by atoms with E-state index in [2.05, 4.69) is 0 Å².